The molecule has 0 aliphatic heterocycles. The zero-order valence-corrected chi connectivity index (χ0v) is 20.7. The summed E-state index contributed by atoms with van der Waals surface area (Å²) in [5.74, 6) is -0.291. The average Bonchev–Trinajstić information content (AvgIpc) is 3.33. The molecule has 36 heavy (non-hydrogen) atoms. The average molecular weight is 484 g/mol. The van der Waals surface area contributed by atoms with Crippen LogP contribution in [0.4, 0.5) is 11.6 Å². The predicted molar refractivity (Wildman–Crippen MR) is 140 cm³/mol. The lowest BCUT2D eigenvalue weighted by Gasteiger charge is -2.15. The van der Waals surface area contributed by atoms with Crippen LogP contribution in [0.1, 0.15) is 40.4 Å². The lowest BCUT2D eigenvalue weighted by Crippen LogP contribution is -2.21. The fraction of sp³-hybridized carbons (Fsp3) is 0.286. The Bertz CT molecular complexity index is 1490. The van der Waals surface area contributed by atoms with Gasteiger partial charge in [0.1, 0.15) is 5.56 Å². The summed E-state index contributed by atoms with van der Waals surface area (Å²) in [6.07, 6.45) is 6.21. The van der Waals surface area contributed by atoms with Crippen LogP contribution in [-0.4, -0.2) is 46.1 Å². The molecule has 0 fully saturated rings. The van der Waals surface area contributed by atoms with Crippen LogP contribution in [0.3, 0.4) is 0 Å². The van der Waals surface area contributed by atoms with Gasteiger partial charge >= 0.3 is 5.97 Å². The number of hydrogen-bond acceptors (Lipinski definition) is 7. The third-order valence-corrected chi connectivity index (χ3v) is 6.31. The van der Waals surface area contributed by atoms with Crippen LogP contribution in [0.25, 0.3) is 16.7 Å². The molecule has 1 aliphatic carbocycles. The van der Waals surface area contributed by atoms with Crippen LogP contribution in [0.2, 0.25) is 0 Å². The maximum atomic E-state index is 13.2. The van der Waals surface area contributed by atoms with Gasteiger partial charge in [0.05, 0.1) is 12.0 Å². The molecule has 0 amide bonds. The summed E-state index contributed by atoms with van der Waals surface area (Å²) in [4.78, 5) is 37.0. The van der Waals surface area contributed by atoms with Gasteiger partial charge in [0.25, 0.3) is 0 Å². The van der Waals surface area contributed by atoms with Gasteiger partial charge in [0.2, 0.25) is 11.4 Å². The topological polar surface area (TPSA) is 89.3 Å². The molecule has 0 unspecified atom stereocenters. The first-order chi connectivity index (χ1) is 17.4. The Morgan fingerprint density at radius 1 is 1.11 bits per heavy atom. The third kappa shape index (κ3) is 4.72. The van der Waals surface area contributed by atoms with Crippen LogP contribution in [-0.2, 0) is 24.1 Å². The Kier molecular flexibility index (Phi) is 6.52. The van der Waals surface area contributed by atoms with E-state index in [9.17, 15) is 9.59 Å². The Hall–Kier alpha value is -4.04. The van der Waals surface area contributed by atoms with Crippen molar-refractivity contribution in [1.29, 1.82) is 0 Å². The Labute approximate surface area is 209 Å². The maximum Gasteiger partial charge on any atom is 0.343 e. The van der Waals surface area contributed by atoms with Crippen molar-refractivity contribution in [3.8, 4) is 5.69 Å². The molecule has 8 nitrogen and oxygen atoms in total. The number of aromatic nitrogens is 3. The standard InChI is InChI=1S/C28H29N5O3/c1-4-36-27(35)24-17-33(22-13-10-19-6-5-7-20(19)14-22)26-23(25(24)34)15-29-28(31-26)30-21-11-8-18(9-12-21)16-32(2)3/h8-15,17H,4-7,16H2,1-3H3,(H,29,30,31). The highest BCUT2D eigenvalue weighted by atomic mass is 16.5. The number of ether oxygens (including phenoxy) is 1. The maximum absolute atomic E-state index is 13.2. The fourth-order valence-corrected chi connectivity index (χ4v) is 4.62. The number of aryl methyl sites for hydroxylation is 2. The van der Waals surface area contributed by atoms with Gasteiger partial charge in [-0.25, -0.2) is 9.78 Å². The van der Waals surface area contributed by atoms with E-state index in [1.807, 2.05) is 32.3 Å². The van der Waals surface area contributed by atoms with Crippen LogP contribution in [0.15, 0.2) is 59.7 Å². The third-order valence-electron chi connectivity index (χ3n) is 6.31. The molecule has 0 saturated carbocycles. The Balaban J connectivity index is 1.59. The van der Waals surface area contributed by atoms with Gasteiger partial charge in [-0.1, -0.05) is 18.2 Å². The number of rotatable bonds is 7. The van der Waals surface area contributed by atoms with Crippen molar-refractivity contribution >= 4 is 28.6 Å². The SMILES string of the molecule is CCOC(=O)c1cn(-c2ccc3c(c2)CCC3)c2nc(Nc3ccc(CN(C)C)cc3)ncc2c1=O. The summed E-state index contributed by atoms with van der Waals surface area (Å²) < 4.78 is 6.94. The van der Waals surface area contributed by atoms with Crippen molar-refractivity contribution in [3.05, 3.63) is 87.3 Å². The van der Waals surface area contributed by atoms with Crippen LogP contribution in [0, 0.1) is 0 Å². The molecular formula is C28H29N5O3. The molecule has 8 heteroatoms. The van der Waals surface area contributed by atoms with Crippen molar-refractivity contribution in [2.75, 3.05) is 26.0 Å². The second-order valence-electron chi connectivity index (χ2n) is 9.26. The van der Waals surface area contributed by atoms with Crippen molar-refractivity contribution in [2.45, 2.75) is 32.7 Å². The number of fused-ring (bicyclic) bond motifs is 2. The first-order valence-electron chi connectivity index (χ1n) is 12.2. The van der Waals surface area contributed by atoms with Crippen LogP contribution in [0.5, 0.6) is 0 Å². The first-order valence-corrected chi connectivity index (χ1v) is 12.2. The summed E-state index contributed by atoms with van der Waals surface area (Å²) in [5.41, 5.74) is 5.43. The Morgan fingerprint density at radius 2 is 1.89 bits per heavy atom. The van der Waals surface area contributed by atoms with Crippen molar-refractivity contribution in [2.24, 2.45) is 0 Å². The number of esters is 1. The van der Waals surface area contributed by atoms with E-state index >= 15 is 0 Å². The molecular weight excluding hydrogens is 454 g/mol. The summed E-state index contributed by atoms with van der Waals surface area (Å²) in [5, 5.41) is 3.49. The van der Waals surface area contributed by atoms with Gasteiger partial charge in [-0.15, -0.1) is 0 Å². The number of nitrogens with zero attached hydrogens (tertiary/aromatic N) is 4. The van der Waals surface area contributed by atoms with E-state index < -0.39 is 11.4 Å². The van der Waals surface area contributed by atoms with Gasteiger partial charge in [-0.2, -0.15) is 4.98 Å². The first kappa shape index (κ1) is 23.7. The van der Waals surface area contributed by atoms with Crippen molar-refractivity contribution in [3.63, 3.8) is 0 Å². The minimum Gasteiger partial charge on any atom is -0.462 e. The van der Waals surface area contributed by atoms with E-state index in [1.165, 1.54) is 29.1 Å². The molecule has 0 bridgehead atoms. The molecule has 0 radical (unpaired) electrons. The van der Waals surface area contributed by atoms with E-state index in [2.05, 4.69) is 39.5 Å². The lowest BCUT2D eigenvalue weighted by atomic mass is 10.1. The quantitative estimate of drug-likeness (QED) is 0.393. The van der Waals surface area contributed by atoms with Crippen LogP contribution >= 0.6 is 0 Å². The van der Waals surface area contributed by atoms with Crippen LogP contribution < -0.4 is 10.7 Å². The molecule has 0 atom stereocenters. The lowest BCUT2D eigenvalue weighted by molar-refractivity contribution is 0.0524. The van der Waals surface area contributed by atoms with Gasteiger partial charge in [-0.05, 0) is 81.2 Å². The molecule has 4 aromatic rings. The number of nitrogens with one attached hydrogen (secondary N) is 1. The molecule has 1 N–H and O–H groups in total. The number of carbonyl (C=O) groups excluding carboxylic acids is 1. The predicted octanol–water partition coefficient (Wildman–Crippen LogP) is 4.25. The fourth-order valence-electron chi connectivity index (χ4n) is 4.62. The smallest absolute Gasteiger partial charge is 0.343 e. The molecule has 0 saturated heterocycles. The highest BCUT2D eigenvalue weighted by Crippen LogP contribution is 2.26. The number of pyridine rings is 1. The summed E-state index contributed by atoms with van der Waals surface area (Å²) in [6, 6.07) is 14.3. The minimum absolute atomic E-state index is 0.0364. The molecule has 2 aromatic carbocycles. The number of anilines is 2. The summed E-state index contributed by atoms with van der Waals surface area (Å²) in [7, 11) is 4.06. The Morgan fingerprint density at radius 3 is 2.64 bits per heavy atom. The largest absolute Gasteiger partial charge is 0.462 e. The minimum atomic E-state index is -0.653. The molecule has 2 aromatic heterocycles. The summed E-state index contributed by atoms with van der Waals surface area (Å²) in [6.45, 7) is 2.75. The van der Waals surface area contributed by atoms with Gasteiger partial charge in [-0.3, -0.25) is 4.79 Å². The summed E-state index contributed by atoms with van der Waals surface area (Å²) >= 11 is 0. The molecule has 2 heterocycles. The van der Waals surface area contributed by atoms with E-state index in [0.29, 0.717) is 11.6 Å². The monoisotopic (exact) mass is 483 g/mol. The normalized spacial score (nSPS) is 12.7. The van der Waals surface area contributed by atoms with Crippen molar-refractivity contribution in [1.82, 2.24) is 19.4 Å². The van der Waals surface area contributed by atoms with Gasteiger partial charge in [0.15, 0.2) is 5.65 Å². The number of hydrogen-bond donors (Lipinski definition) is 1. The number of benzene rings is 2. The second kappa shape index (κ2) is 9.91. The highest BCUT2D eigenvalue weighted by molar-refractivity contribution is 5.93. The van der Waals surface area contributed by atoms with Gasteiger partial charge < -0.3 is 19.5 Å². The highest BCUT2D eigenvalue weighted by Gasteiger charge is 2.20. The van der Waals surface area contributed by atoms with E-state index in [-0.39, 0.29) is 17.6 Å². The zero-order valence-electron chi connectivity index (χ0n) is 20.7. The zero-order chi connectivity index (χ0) is 25.2. The second-order valence-corrected chi connectivity index (χ2v) is 9.26. The van der Waals surface area contributed by atoms with E-state index in [0.717, 1.165) is 37.2 Å². The van der Waals surface area contributed by atoms with Gasteiger partial charge in [0, 0.05) is 30.3 Å². The molecule has 184 valence electrons. The number of carbonyl (C=O) groups is 1. The van der Waals surface area contributed by atoms with E-state index in [4.69, 9.17) is 9.72 Å². The molecule has 5 rings (SSSR count). The van der Waals surface area contributed by atoms with Crippen molar-refractivity contribution < 1.29 is 9.53 Å². The molecule has 1 aliphatic rings. The van der Waals surface area contributed by atoms with E-state index in [1.54, 1.807) is 11.5 Å². The molecule has 0 spiro atoms.